The van der Waals surface area contributed by atoms with E-state index in [0.29, 0.717) is 6.29 Å². The number of carbonyl (C=O) groups is 2. The fourth-order valence-corrected chi connectivity index (χ4v) is 4.92. The minimum Gasteiger partial charge on any atom is -0.467 e. The van der Waals surface area contributed by atoms with Gasteiger partial charge >= 0.3 is 5.97 Å². The summed E-state index contributed by atoms with van der Waals surface area (Å²) in [7, 11) is -7.71. The Morgan fingerprint density at radius 2 is 1.56 bits per heavy atom. The third kappa shape index (κ3) is 6.20. The first-order valence-electron chi connectivity index (χ1n) is 7.14. The minimum atomic E-state index is -4.47. The van der Waals surface area contributed by atoms with Gasteiger partial charge in [0.15, 0.2) is 6.10 Å². The van der Waals surface area contributed by atoms with Crippen LogP contribution in [0.4, 0.5) is 0 Å². The number of rotatable bonds is 10. The summed E-state index contributed by atoms with van der Waals surface area (Å²) in [4.78, 5) is 21.9. The van der Waals surface area contributed by atoms with Crippen molar-refractivity contribution in [2.24, 2.45) is 0 Å². The number of carbonyl (C=O) groups excluding carboxylic acids is 2. The van der Waals surface area contributed by atoms with Gasteiger partial charge in [-0.1, -0.05) is 0 Å². The zero-order valence-electron chi connectivity index (χ0n) is 14.9. The number of thiol groups is 1. The second-order valence-electron chi connectivity index (χ2n) is 6.22. The highest BCUT2D eigenvalue weighted by molar-refractivity contribution is 8.03. The van der Waals surface area contributed by atoms with Crippen LogP contribution in [-0.4, -0.2) is 57.2 Å². The standard InChI is InChI=1S/C13H24O9S3/c1-9(7-14)21-24(16,17)12(3,4)8-13(5,23)25(18,19)22-10(2)11(15)20-6/h7,9-10,23H,8H2,1-6H3. The zero-order chi connectivity index (χ0) is 20.3. The van der Waals surface area contributed by atoms with Crippen molar-refractivity contribution in [3.8, 4) is 0 Å². The lowest BCUT2D eigenvalue weighted by Crippen LogP contribution is -2.45. The molecule has 148 valence electrons. The van der Waals surface area contributed by atoms with Gasteiger partial charge in [0.25, 0.3) is 20.2 Å². The first-order chi connectivity index (χ1) is 11.0. The van der Waals surface area contributed by atoms with Gasteiger partial charge in [0.1, 0.15) is 16.5 Å². The summed E-state index contributed by atoms with van der Waals surface area (Å²) >= 11 is 4.02. The van der Waals surface area contributed by atoms with Gasteiger partial charge in [0, 0.05) is 0 Å². The Morgan fingerprint density at radius 3 is 1.96 bits per heavy atom. The van der Waals surface area contributed by atoms with Gasteiger partial charge in [0.05, 0.1) is 11.9 Å². The van der Waals surface area contributed by atoms with Crippen LogP contribution in [0.5, 0.6) is 0 Å². The van der Waals surface area contributed by atoms with Crippen molar-refractivity contribution < 1.29 is 39.5 Å². The van der Waals surface area contributed by atoms with Crippen molar-refractivity contribution in [1.82, 2.24) is 0 Å². The Kier molecular flexibility index (Phi) is 8.10. The van der Waals surface area contributed by atoms with Gasteiger partial charge in [-0.25, -0.2) is 4.79 Å². The maximum atomic E-state index is 12.4. The lowest BCUT2D eigenvalue weighted by Gasteiger charge is -2.33. The van der Waals surface area contributed by atoms with Crippen molar-refractivity contribution in [2.45, 2.75) is 62.1 Å². The topological polar surface area (TPSA) is 130 Å². The van der Waals surface area contributed by atoms with Gasteiger partial charge in [-0.05, 0) is 41.0 Å². The summed E-state index contributed by atoms with van der Waals surface area (Å²) in [5, 5.41) is 0. The zero-order valence-corrected chi connectivity index (χ0v) is 17.4. The summed E-state index contributed by atoms with van der Waals surface area (Å²) in [5.41, 5.74) is 0. The van der Waals surface area contributed by atoms with Crippen LogP contribution < -0.4 is 0 Å². The molecule has 0 rings (SSSR count). The molecule has 0 aliphatic heterocycles. The predicted molar refractivity (Wildman–Crippen MR) is 93.1 cm³/mol. The number of methoxy groups -OCH3 is 1. The maximum absolute atomic E-state index is 12.4. The molecule has 0 aliphatic rings. The molecular weight excluding hydrogens is 396 g/mol. The molecule has 0 aliphatic carbocycles. The highest BCUT2D eigenvalue weighted by atomic mass is 32.3. The lowest BCUT2D eigenvalue weighted by molar-refractivity contribution is -0.147. The van der Waals surface area contributed by atoms with Gasteiger partial charge in [-0.3, -0.25) is 8.37 Å². The van der Waals surface area contributed by atoms with Crippen molar-refractivity contribution in [3.63, 3.8) is 0 Å². The van der Waals surface area contributed by atoms with E-state index >= 15 is 0 Å². The monoisotopic (exact) mass is 420 g/mol. The summed E-state index contributed by atoms with van der Waals surface area (Å²) in [6.07, 6.45) is -2.88. The van der Waals surface area contributed by atoms with Crippen LogP contribution in [0.2, 0.25) is 0 Å². The van der Waals surface area contributed by atoms with Crippen LogP contribution in [0.15, 0.2) is 0 Å². The lowest BCUT2D eigenvalue weighted by atomic mass is 10.1. The molecule has 9 nitrogen and oxygen atoms in total. The Labute approximate surface area is 154 Å². The van der Waals surface area contributed by atoms with Crippen molar-refractivity contribution in [2.75, 3.05) is 7.11 Å². The highest BCUT2D eigenvalue weighted by Gasteiger charge is 2.48. The molecule has 3 unspecified atom stereocenters. The number of ether oxygens (including phenoxy) is 1. The summed E-state index contributed by atoms with van der Waals surface area (Å²) < 4.78 is 59.4. The van der Waals surface area contributed by atoms with Crippen molar-refractivity contribution in [3.05, 3.63) is 0 Å². The van der Waals surface area contributed by atoms with Crippen LogP contribution in [-0.2, 0) is 42.9 Å². The quantitative estimate of drug-likeness (QED) is 0.234. The number of hydrogen-bond acceptors (Lipinski definition) is 10. The Morgan fingerprint density at radius 1 is 1.08 bits per heavy atom. The number of hydrogen-bond donors (Lipinski definition) is 1. The molecule has 0 bridgehead atoms. The van der Waals surface area contributed by atoms with Gasteiger partial charge in [-0.15, -0.1) is 0 Å². The van der Waals surface area contributed by atoms with E-state index < -0.39 is 53.7 Å². The fourth-order valence-electron chi connectivity index (χ4n) is 1.82. The van der Waals surface area contributed by atoms with Gasteiger partial charge in [-0.2, -0.15) is 29.5 Å². The van der Waals surface area contributed by atoms with Crippen LogP contribution >= 0.6 is 12.6 Å². The molecule has 0 heterocycles. The molecule has 0 N–H and O–H groups in total. The molecule has 0 fully saturated rings. The van der Waals surface area contributed by atoms with Crippen LogP contribution in [0.1, 0.15) is 41.0 Å². The second-order valence-corrected chi connectivity index (χ2v) is 11.7. The summed E-state index contributed by atoms with van der Waals surface area (Å²) in [6, 6.07) is 0. The van der Waals surface area contributed by atoms with Crippen molar-refractivity contribution >= 4 is 45.1 Å². The molecule has 0 aromatic heterocycles. The largest absolute Gasteiger partial charge is 0.467 e. The van der Waals surface area contributed by atoms with E-state index in [1.54, 1.807) is 0 Å². The minimum absolute atomic E-state index is 0.297. The first kappa shape index (κ1) is 24.3. The average molecular weight is 421 g/mol. The maximum Gasteiger partial charge on any atom is 0.336 e. The van der Waals surface area contributed by atoms with E-state index in [-0.39, 0.29) is 0 Å². The molecule has 0 radical (unpaired) electrons. The average Bonchev–Trinajstić information content (AvgIpc) is 2.43. The van der Waals surface area contributed by atoms with E-state index in [0.717, 1.165) is 14.0 Å². The van der Waals surface area contributed by atoms with Crippen LogP contribution in [0.3, 0.4) is 0 Å². The molecular formula is C13H24O9S3. The van der Waals surface area contributed by atoms with Crippen LogP contribution in [0, 0.1) is 0 Å². The van der Waals surface area contributed by atoms with Crippen LogP contribution in [0.25, 0.3) is 0 Å². The molecule has 0 aromatic carbocycles. The van der Waals surface area contributed by atoms with Gasteiger partial charge < -0.3 is 9.53 Å². The van der Waals surface area contributed by atoms with Crippen molar-refractivity contribution in [1.29, 1.82) is 0 Å². The Hall–Kier alpha value is -0.690. The van der Waals surface area contributed by atoms with E-state index in [1.807, 2.05) is 0 Å². The predicted octanol–water partition coefficient (Wildman–Crippen LogP) is 0.643. The third-order valence-corrected chi connectivity index (χ3v) is 7.89. The fraction of sp³-hybridized carbons (Fsp3) is 0.846. The molecule has 0 amide bonds. The van der Waals surface area contributed by atoms with E-state index in [2.05, 4.69) is 17.4 Å². The molecule has 12 heteroatoms. The molecule has 0 saturated carbocycles. The third-order valence-electron chi connectivity index (χ3n) is 3.24. The second kappa shape index (κ2) is 8.33. The molecule has 0 aromatic rings. The Bertz CT molecular complexity index is 692. The van der Waals surface area contributed by atoms with E-state index in [4.69, 9.17) is 8.37 Å². The molecule has 25 heavy (non-hydrogen) atoms. The number of aldehydes is 1. The smallest absolute Gasteiger partial charge is 0.336 e. The number of esters is 1. The first-order valence-corrected chi connectivity index (χ1v) is 10.4. The molecule has 0 saturated heterocycles. The normalized spacial score (nSPS) is 18.0. The molecule has 0 spiro atoms. The van der Waals surface area contributed by atoms with E-state index in [9.17, 15) is 26.4 Å². The van der Waals surface area contributed by atoms with E-state index in [1.165, 1.54) is 27.7 Å². The summed E-state index contributed by atoms with van der Waals surface area (Å²) in [6.45, 7) is 6.00. The molecule has 3 atom stereocenters. The Balaban J connectivity index is 5.52. The van der Waals surface area contributed by atoms with Gasteiger partial charge in [0.2, 0.25) is 0 Å². The highest BCUT2D eigenvalue weighted by Crippen LogP contribution is 2.37. The SMILES string of the molecule is COC(=O)C(C)OS(=O)(=O)C(C)(S)CC(C)(C)S(=O)(=O)OC(C)C=O. The summed E-state index contributed by atoms with van der Waals surface area (Å²) in [5.74, 6) is -0.914.